The molecular weight excluding hydrogens is 325 g/mol. The number of furan rings is 1. The second-order valence-electron chi connectivity index (χ2n) is 7.70. The maximum absolute atomic E-state index is 10.3. The highest BCUT2D eigenvalue weighted by atomic mass is 16.5. The molecule has 2 heterocycles. The SMILES string of the molecule is CC(C)(O)C(C)(C)O[B]c1ccc2oc3ccc4ccncc4c3c2c1. The third-order valence-electron chi connectivity index (χ3n) is 5.24. The quantitative estimate of drug-likeness (QED) is 0.569. The molecular formula is C21H21BNO3. The molecule has 0 aliphatic heterocycles. The Morgan fingerprint density at radius 3 is 2.54 bits per heavy atom. The lowest BCUT2D eigenvalue weighted by atomic mass is 9.82. The number of rotatable bonds is 4. The first-order valence-corrected chi connectivity index (χ1v) is 8.69. The highest BCUT2D eigenvalue weighted by Gasteiger charge is 2.35. The molecule has 0 saturated heterocycles. The predicted molar refractivity (Wildman–Crippen MR) is 106 cm³/mol. The first-order valence-electron chi connectivity index (χ1n) is 8.69. The van der Waals surface area contributed by atoms with Crippen LogP contribution in [0.3, 0.4) is 0 Å². The zero-order valence-electron chi connectivity index (χ0n) is 15.4. The predicted octanol–water partition coefficient (Wildman–Crippen LogP) is 3.94. The van der Waals surface area contributed by atoms with Gasteiger partial charge in [-0.1, -0.05) is 23.7 Å². The minimum Gasteiger partial charge on any atom is -0.456 e. The standard InChI is InChI=1S/C21H21BNO3/c1-20(2,24)21(3,4)26-22-14-6-8-17-15(11-14)19-16-12-23-10-9-13(16)5-7-18(19)25-17/h5-12,24H,1-4H3. The van der Waals surface area contributed by atoms with E-state index in [0.29, 0.717) is 0 Å². The number of hydrogen-bond acceptors (Lipinski definition) is 4. The molecule has 5 heteroatoms. The highest BCUT2D eigenvalue weighted by Crippen LogP contribution is 2.33. The van der Waals surface area contributed by atoms with Gasteiger partial charge in [0.05, 0.1) is 11.2 Å². The van der Waals surface area contributed by atoms with Crippen LogP contribution >= 0.6 is 0 Å². The van der Waals surface area contributed by atoms with E-state index >= 15 is 0 Å². The molecule has 1 N–H and O–H groups in total. The summed E-state index contributed by atoms with van der Waals surface area (Å²) in [5.41, 5.74) is 0.915. The van der Waals surface area contributed by atoms with Gasteiger partial charge in [0.25, 0.3) is 0 Å². The van der Waals surface area contributed by atoms with Crippen molar-refractivity contribution in [2.75, 3.05) is 0 Å². The molecule has 0 aliphatic carbocycles. The molecule has 4 rings (SSSR count). The summed E-state index contributed by atoms with van der Waals surface area (Å²) in [6.45, 7) is 7.22. The van der Waals surface area contributed by atoms with E-state index in [9.17, 15) is 5.11 Å². The van der Waals surface area contributed by atoms with Gasteiger partial charge in [-0.2, -0.15) is 0 Å². The average Bonchev–Trinajstić information content (AvgIpc) is 2.97. The van der Waals surface area contributed by atoms with Crippen molar-refractivity contribution in [3.63, 3.8) is 0 Å². The van der Waals surface area contributed by atoms with Crippen LogP contribution in [0.25, 0.3) is 32.7 Å². The lowest BCUT2D eigenvalue weighted by Gasteiger charge is -2.37. The fraction of sp³-hybridized carbons (Fsp3) is 0.286. The largest absolute Gasteiger partial charge is 0.456 e. The normalized spacial score (nSPS) is 13.0. The van der Waals surface area contributed by atoms with E-state index in [0.717, 1.165) is 38.2 Å². The molecule has 4 nitrogen and oxygen atoms in total. The molecule has 4 aromatic rings. The van der Waals surface area contributed by atoms with Crippen molar-refractivity contribution in [3.05, 3.63) is 48.8 Å². The Hall–Kier alpha value is -2.37. The van der Waals surface area contributed by atoms with E-state index in [1.807, 2.05) is 56.4 Å². The number of benzene rings is 2. The number of aliphatic hydroxyl groups is 1. The van der Waals surface area contributed by atoms with Crippen LogP contribution in [0.4, 0.5) is 0 Å². The number of aromatic nitrogens is 1. The second-order valence-corrected chi connectivity index (χ2v) is 7.70. The Labute approximate surface area is 153 Å². The number of hydrogen-bond donors (Lipinski definition) is 1. The first-order chi connectivity index (χ1) is 12.3. The van der Waals surface area contributed by atoms with Gasteiger partial charge in [-0.3, -0.25) is 4.98 Å². The van der Waals surface area contributed by atoms with Crippen LogP contribution in [0.15, 0.2) is 53.2 Å². The third kappa shape index (κ3) is 2.77. The van der Waals surface area contributed by atoms with Gasteiger partial charge < -0.3 is 14.2 Å². The molecule has 26 heavy (non-hydrogen) atoms. The molecule has 0 spiro atoms. The van der Waals surface area contributed by atoms with Crippen LogP contribution in [-0.4, -0.2) is 28.8 Å². The van der Waals surface area contributed by atoms with Gasteiger partial charge in [-0.25, -0.2) is 0 Å². The fourth-order valence-corrected chi connectivity index (χ4v) is 2.89. The summed E-state index contributed by atoms with van der Waals surface area (Å²) < 4.78 is 11.9. The summed E-state index contributed by atoms with van der Waals surface area (Å²) in [5, 5.41) is 14.5. The Bertz CT molecular complexity index is 1110. The van der Waals surface area contributed by atoms with E-state index in [2.05, 4.69) is 4.98 Å². The van der Waals surface area contributed by atoms with E-state index in [-0.39, 0.29) is 0 Å². The van der Waals surface area contributed by atoms with Crippen molar-refractivity contribution in [1.82, 2.24) is 4.98 Å². The Balaban J connectivity index is 1.79. The minimum atomic E-state index is -0.961. The summed E-state index contributed by atoms with van der Waals surface area (Å²) in [5.74, 6) is 0. The lowest BCUT2D eigenvalue weighted by Crippen LogP contribution is -2.49. The Morgan fingerprint density at radius 2 is 1.77 bits per heavy atom. The number of nitrogens with zero attached hydrogens (tertiary/aromatic N) is 1. The van der Waals surface area contributed by atoms with E-state index in [1.165, 1.54) is 0 Å². The van der Waals surface area contributed by atoms with Crippen molar-refractivity contribution in [2.24, 2.45) is 0 Å². The van der Waals surface area contributed by atoms with Crippen LogP contribution < -0.4 is 5.46 Å². The summed E-state index contributed by atoms with van der Waals surface area (Å²) in [7, 11) is 1.69. The summed E-state index contributed by atoms with van der Waals surface area (Å²) in [6, 6.07) is 12.0. The van der Waals surface area contributed by atoms with Gasteiger partial charge in [0.15, 0.2) is 0 Å². The van der Waals surface area contributed by atoms with Gasteiger partial charge >= 0.3 is 7.48 Å². The van der Waals surface area contributed by atoms with Crippen LogP contribution in [0, 0.1) is 0 Å². The molecule has 0 unspecified atom stereocenters. The third-order valence-corrected chi connectivity index (χ3v) is 5.24. The molecule has 0 bridgehead atoms. The molecule has 0 atom stereocenters. The number of fused-ring (bicyclic) bond motifs is 5. The van der Waals surface area contributed by atoms with Crippen molar-refractivity contribution in [2.45, 2.75) is 38.9 Å². The van der Waals surface area contributed by atoms with Gasteiger partial charge in [-0.15, -0.1) is 0 Å². The van der Waals surface area contributed by atoms with Crippen LogP contribution in [0.2, 0.25) is 0 Å². The fourth-order valence-electron chi connectivity index (χ4n) is 2.89. The Morgan fingerprint density at radius 1 is 1.00 bits per heavy atom. The van der Waals surface area contributed by atoms with E-state index in [1.54, 1.807) is 27.5 Å². The summed E-state index contributed by atoms with van der Waals surface area (Å²) in [4.78, 5) is 4.27. The first kappa shape index (κ1) is 17.1. The van der Waals surface area contributed by atoms with Gasteiger partial charge in [-0.05, 0) is 51.3 Å². The van der Waals surface area contributed by atoms with Crippen LogP contribution in [0.1, 0.15) is 27.7 Å². The lowest BCUT2D eigenvalue weighted by molar-refractivity contribution is -0.0893. The highest BCUT2D eigenvalue weighted by molar-refractivity contribution is 6.47. The van der Waals surface area contributed by atoms with Crippen LogP contribution in [0.5, 0.6) is 0 Å². The summed E-state index contributed by atoms with van der Waals surface area (Å²) >= 11 is 0. The maximum Gasteiger partial charge on any atom is 0.330 e. The second kappa shape index (κ2) is 5.83. The molecule has 0 amide bonds. The van der Waals surface area contributed by atoms with Crippen molar-refractivity contribution < 1.29 is 14.2 Å². The monoisotopic (exact) mass is 346 g/mol. The molecule has 1 radical (unpaired) electrons. The number of pyridine rings is 1. The maximum atomic E-state index is 10.3. The van der Waals surface area contributed by atoms with E-state index < -0.39 is 11.2 Å². The van der Waals surface area contributed by atoms with Crippen molar-refractivity contribution in [1.29, 1.82) is 0 Å². The van der Waals surface area contributed by atoms with Gasteiger partial charge in [0.2, 0.25) is 0 Å². The zero-order valence-corrected chi connectivity index (χ0v) is 15.4. The molecule has 0 saturated carbocycles. The van der Waals surface area contributed by atoms with Gasteiger partial charge in [0.1, 0.15) is 11.2 Å². The van der Waals surface area contributed by atoms with Crippen LogP contribution in [-0.2, 0) is 4.65 Å². The van der Waals surface area contributed by atoms with Crippen molar-refractivity contribution in [3.8, 4) is 0 Å². The summed E-state index contributed by atoms with van der Waals surface area (Å²) in [6.07, 6.45) is 3.67. The Kier molecular flexibility index (Phi) is 3.83. The zero-order chi connectivity index (χ0) is 18.5. The molecule has 131 valence electrons. The molecule has 2 aromatic heterocycles. The molecule has 0 aliphatic rings. The minimum absolute atomic E-state index is 0.711. The molecule has 2 aromatic carbocycles. The average molecular weight is 346 g/mol. The van der Waals surface area contributed by atoms with Crippen molar-refractivity contribution >= 4 is 45.7 Å². The van der Waals surface area contributed by atoms with Gasteiger partial charge in [0, 0.05) is 28.6 Å². The topological polar surface area (TPSA) is 55.5 Å². The van der Waals surface area contributed by atoms with E-state index in [4.69, 9.17) is 9.07 Å². The smallest absolute Gasteiger partial charge is 0.330 e. The molecule has 0 fully saturated rings.